The summed E-state index contributed by atoms with van der Waals surface area (Å²) in [6, 6.07) is 10.2. The van der Waals surface area contributed by atoms with Crippen molar-refractivity contribution in [3.8, 4) is 11.5 Å². The van der Waals surface area contributed by atoms with E-state index in [-0.39, 0.29) is 0 Å². The fraction of sp³-hybridized carbons (Fsp3) is 0.167. The number of aromatic nitrogens is 3. The number of pyridine rings is 1. The summed E-state index contributed by atoms with van der Waals surface area (Å²) < 4.78 is 11.5. The van der Waals surface area contributed by atoms with Crippen molar-refractivity contribution in [2.45, 2.75) is 20.4 Å². The topological polar surface area (TPSA) is 77.0 Å². The Morgan fingerprint density at radius 1 is 0.958 bits per heavy atom. The Bertz CT molecular complexity index is 950. The lowest BCUT2D eigenvalue weighted by molar-refractivity contribution is 0.543. The number of aryl methyl sites for hydroxylation is 2. The molecule has 0 radical (unpaired) electrons. The zero-order valence-corrected chi connectivity index (χ0v) is 13.4. The average Bonchev–Trinajstić information content (AvgIpc) is 3.21. The Kier molecular flexibility index (Phi) is 3.49. The van der Waals surface area contributed by atoms with Gasteiger partial charge in [-0.15, -0.1) is 5.10 Å². The van der Waals surface area contributed by atoms with Crippen LogP contribution < -0.4 is 5.32 Å². The van der Waals surface area contributed by atoms with Crippen LogP contribution in [0.5, 0.6) is 0 Å². The zero-order chi connectivity index (χ0) is 16.5. The van der Waals surface area contributed by atoms with E-state index in [0.29, 0.717) is 18.5 Å². The summed E-state index contributed by atoms with van der Waals surface area (Å²) in [6.07, 6.45) is 3.37. The fourth-order valence-electron chi connectivity index (χ4n) is 2.51. The van der Waals surface area contributed by atoms with Gasteiger partial charge < -0.3 is 14.2 Å². The number of fused-ring (bicyclic) bond motifs is 1. The molecule has 0 unspecified atom stereocenters. The smallest absolute Gasteiger partial charge is 0.316 e. The Morgan fingerprint density at radius 2 is 1.75 bits per heavy atom. The quantitative estimate of drug-likeness (QED) is 0.610. The molecule has 0 aliphatic rings. The second-order valence-electron chi connectivity index (χ2n) is 5.69. The van der Waals surface area contributed by atoms with Crippen LogP contribution in [0.4, 0.5) is 6.01 Å². The van der Waals surface area contributed by atoms with Gasteiger partial charge in [-0.3, -0.25) is 4.98 Å². The molecule has 4 aromatic rings. The molecule has 0 fully saturated rings. The number of rotatable bonds is 4. The van der Waals surface area contributed by atoms with Gasteiger partial charge in [0.15, 0.2) is 0 Å². The molecule has 24 heavy (non-hydrogen) atoms. The third kappa shape index (κ3) is 2.74. The molecular weight excluding hydrogens is 304 g/mol. The van der Waals surface area contributed by atoms with Crippen LogP contribution in [0.1, 0.15) is 16.9 Å². The lowest BCUT2D eigenvalue weighted by Gasteiger charge is -1.98. The molecule has 0 amide bonds. The number of benzene rings is 1. The zero-order valence-electron chi connectivity index (χ0n) is 13.4. The average molecular weight is 320 g/mol. The summed E-state index contributed by atoms with van der Waals surface area (Å²) in [5.74, 6) is 1.27. The molecule has 120 valence electrons. The van der Waals surface area contributed by atoms with E-state index in [1.54, 1.807) is 12.4 Å². The van der Waals surface area contributed by atoms with Crippen LogP contribution in [0.25, 0.3) is 22.4 Å². The molecule has 1 N–H and O–H groups in total. The predicted molar refractivity (Wildman–Crippen MR) is 90.5 cm³/mol. The van der Waals surface area contributed by atoms with Crippen LogP contribution in [-0.4, -0.2) is 15.2 Å². The number of hydrogen-bond donors (Lipinski definition) is 1. The first-order chi connectivity index (χ1) is 11.7. The first kappa shape index (κ1) is 14.4. The van der Waals surface area contributed by atoms with Gasteiger partial charge in [0, 0.05) is 23.3 Å². The maximum absolute atomic E-state index is 5.86. The molecule has 0 saturated carbocycles. The highest BCUT2D eigenvalue weighted by Crippen LogP contribution is 2.24. The molecule has 4 rings (SSSR count). The summed E-state index contributed by atoms with van der Waals surface area (Å²) in [6.45, 7) is 4.65. The Hall–Kier alpha value is -3.15. The number of furan rings is 1. The van der Waals surface area contributed by atoms with E-state index < -0.39 is 0 Å². The minimum atomic E-state index is 0.356. The second-order valence-corrected chi connectivity index (χ2v) is 5.69. The molecule has 0 aliphatic carbocycles. The van der Waals surface area contributed by atoms with Crippen LogP contribution in [0.15, 0.2) is 51.6 Å². The molecule has 6 heteroatoms. The molecule has 0 atom stereocenters. The maximum Gasteiger partial charge on any atom is 0.316 e. The summed E-state index contributed by atoms with van der Waals surface area (Å²) in [5.41, 5.74) is 4.19. The number of hydrogen-bond acceptors (Lipinski definition) is 6. The van der Waals surface area contributed by atoms with Gasteiger partial charge in [-0.2, -0.15) is 0 Å². The van der Waals surface area contributed by atoms with Gasteiger partial charge in [-0.1, -0.05) is 5.10 Å². The molecular formula is C18H16N4O2. The van der Waals surface area contributed by atoms with Crippen LogP contribution in [-0.2, 0) is 6.54 Å². The lowest BCUT2D eigenvalue weighted by Crippen LogP contribution is -1.97. The number of anilines is 1. The predicted octanol–water partition coefficient (Wildman–Crippen LogP) is 4.11. The van der Waals surface area contributed by atoms with E-state index in [2.05, 4.69) is 46.5 Å². The van der Waals surface area contributed by atoms with Gasteiger partial charge in [0.2, 0.25) is 5.89 Å². The van der Waals surface area contributed by atoms with Crippen LogP contribution in [0.2, 0.25) is 0 Å². The molecule has 0 aliphatic heterocycles. The highest BCUT2D eigenvalue weighted by Gasteiger charge is 2.10. The molecule has 3 heterocycles. The van der Waals surface area contributed by atoms with Gasteiger partial charge in [0.1, 0.15) is 11.3 Å². The van der Waals surface area contributed by atoms with Gasteiger partial charge in [-0.05, 0) is 55.3 Å². The van der Waals surface area contributed by atoms with Crippen LogP contribution >= 0.6 is 0 Å². The van der Waals surface area contributed by atoms with E-state index in [1.807, 2.05) is 18.2 Å². The molecule has 6 nitrogen and oxygen atoms in total. The van der Waals surface area contributed by atoms with Crippen molar-refractivity contribution in [1.29, 1.82) is 0 Å². The van der Waals surface area contributed by atoms with Crippen molar-refractivity contribution in [2.75, 3.05) is 5.32 Å². The van der Waals surface area contributed by atoms with Crippen LogP contribution in [0.3, 0.4) is 0 Å². The maximum atomic E-state index is 5.86. The van der Waals surface area contributed by atoms with E-state index >= 15 is 0 Å². The summed E-state index contributed by atoms with van der Waals surface area (Å²) in [7, 11) is 0. The van der Waals surface area contributed by atoms with Gasteiger partial charge >= 0.3 is 6.01 Å². The Morgan fingerprint density at radius 3 is 2.58 bits per heavy atom. The van der Waals surface area contributed by atoms with Gasteiger partial charge in [0.25, 0.3) is 0 Å². The first-order valence-corrected chi connectivity index (χ1v) is 7.66. The van der Waals surface area contributed by atoms with Crippen molar-refractivity contribution in [2.24, 2.45) is 0 Å². The molecule has 1 aromatic carbocycles. The normalized spacial score (nSPS) is 11.1. The standard InChI is InChI=1S/C18H16N4O2/c1-11-7-14-9-15(23-16(14)8-12(11)2)10-20-18-22-21-17(24-18)13-3-5-19-6-4-13/h3-9H,10H2,1-2H3,(H,20,22). The number of nitrogens with one attached hydrogen (secondary N) is 1. The van der Waals surface area contributed by atoms with Crippen molar-refractivity contribution in [3.05, 3.63) is 59.6 Å². The highest BCUT2D eigenvalue weighted by atomic mass is 16.4. The Labute approximate surface area is 138 Å². The largest absolute Gasteiger partial charge is 0.459 e. The van der Waals surface area contributed by atoms with Gasteiger partial charge in [0.05, 0.1) is 6.54 Å². The third-order valence-corrected chi connectivity index (χ3v) is 3.95. The second kappa shape index (κ2) is 5.81. The SMILES string of the molecule is Cc1cc2cc(CNc3nnc(-c4ccncc4)o3)oc2cc1C. The summed E-state index contributed by atoms with van der Waals surface area (Å²) in [4.78, 5) is 3.97. The summed E-state index contributed by atoms with van der Waals surface area (Å²) >= 11 is 0. The van der Waals surface area contributed by atoms with Crippen molar-refractivity contribution in [3.63, 3.8) is 0 Å². The third-order valence-electron chi connectivity index (χ3n) is 3.95. The lowest BCUT2D eigenvalue weighted by atomic mass is 10.1. The molecule has 3 aromatic heterocycles. The molecule has 0 spiro atoms. The fourth-order valence-corrected chi connectivity index (χ4v) is 2.51. The van der Waals surface area contributed by atoms with Crippen LogP contribution in [0, 0.1) is 13.8 Å². The van der Waals surface area contributed by atoms with E-state index in [9.17, 15) is 0 Å². The van der Waals surface area contributed by atoms with E-state index in [4.69, 9.17) is 8.83 Å². The first-order valence-electron chi connectivity index (χ1n) is 7.66. The van der Waals surface area contributed by atoms with Gasteiger partial charge in [-0.25, -0.2) is 0 Å². The van der Waals surface area contributed by atoms with Crippen molar-refractivity contribution < 1.29 is 8.83 Å². The van der Waals surface area contributed by atoms with E-state index in [1.165, 1.54) is 11.1 Å². The van der Waals surface area contributed by atoms with E-state index in [0.717, 1.165) is 22.3 Å². The molecule has 0 bridgehead atoms. The van der Waals surface area contributed by atoms with Crippen molar-refractivity contribution in [1.82, 2.24) is 15.2 Å². The highest BCUT2D eigenvalue weighted by molar-refractivity contribution is 5.79. The molecule has 0 saturated heterocycles. The monoisotopic (exact) mass is 320 g/mol. The minimum Gasteiger partial charge on any atom is -0.459 e. The Balaban J connectivity index is 1.50. The minimum absolute atomic E-state index is 0.356. The summed E-state index contributed by atoms with van der Waals surface area (Å²) in [5, 5.41) is 12.2. The number of nitrogens with zero attached hydrogens (tertiary/aromatic N) is 3. The van der Waals surface area contributed by atoms with Crippen molar-refractivity contribution >= 4 is 17.0 Å².